The summed E-state index contributed by atoms with van der Waals surface area (Å²) in [6, 6.07) is 8.98. The van der Waals surface area contributed by atoms with Gasteiger partial charge in [-0.05, 0) is 49.8 Å². The van der Waals surface area contributed by atoms with E-state index in [4.69, 9.17) is 0 Å². The molecule has 0 bridgehead atoms. The zero-order valence-electron chi connectivity index (χ0n) is 12.3. The van der Waals surface area contributed by atoms with Crippen molar-refractivity contribution in [3.05, 3.63) is 35.4 Å². The van der Waals surface area contributed by atoms with Crippen molar-refractivity contribution in [2.75, 3.05) is 18.8 Å². The topological polar surface area (TPSA) is 58.2 Å². The molecule has 1 fully saturated rings. The lowest BCUT2D eigenvalue weighted by Crippen LogP contribution is -2.34. The van der Waals surface area contributed by atoms with Gasteiger partial charge in [-0.3, -0.25) is 0 Å². The van der Waals surface area contributed by atoms with Gasteiger partial charge in [-0.15, -0.1) is 0 Å². The minimum Gasteiger partial charge on any atom is -0.314 e. The Balaban J connectivity index is 1.34. The van der Waals surface area contributed by atoms with Crippen LogP contribution in [0, 0.1) is 0 Å². The lowest BCUT2D eigenvalue weighted by atomic mass is 9.78. The summed E-state index contributed by atoms with van der Waals surface area (Å²) in [4.78, 5) is 0. The first-order valence-corrected chi connectivity index (χ1v) is 9.58. The molecule has 0 spiro atoms. The van der Waals surface area contributed by atoms with E-state index in [0.717, 1.165) is 25.8 Å². The van der Waals surface area contributed by atoms with E-state index in [9.17, 15) is 8.42 Å². The maximum atomic E-state index is 12.0. The Bertz CT molecular complexity index is 582. The highest BCUT2D eigenvalue weighted by molar-refractivity contribution is 7.89. The second kappa shape index (κ2) is 6.46. The summed E-state index contributed by atoms with van der Waals surface area (Å²) in [5.74, 6) is 0.598. The van der Waals surface area contributed by atoms with E-state index in [0.29, 0.717) is 18.5 Å². The number of sulfonamides is 1. The maximum Gasteiger partial charge on any atom is 0.211 e. The first-order valence-electron chi connectivity index (χ1n) is 7.92. The van der Waals surface area contributed by atoms with Crippen LogP contribution in [0.5, 0.6) is 0 Å². The molecule has 0 aliphatic heterocycles. The molecule has 1 unspecified atom stereocenters. The molecule has 2 aliphatic rings. The molecule has 1 atom stereocenters. The molecule has 5 heteroatoms. The van der Waals surface area contributed by atoms with Crippen LogP contribution >= 0.6 is 0 Å². The zero-order valence-corrected chi connectivity index (χ0v) is 13.2. The molecule has 1 aromatic carbocycles. The van der Waals surface area contributed by atoms with Gasteiger partial charge >= 0.3 is 0 Å². The summed E-state index contributed by atoms with van der Waals surface area (Å²) in [6.45, 7) is 1.48. The molecular formula is C16H24N2O2S. The summed E-state index contributed by atoms with van der Waals surface area (Å²) in [6.07, 6.45) is 5.22. The predicted octanol–water partition coefficient (Wildman–Crippen LogP) is 1.78. The van der Waals surface area contributed by atoms with Crippen LogP contribution in [0.4, 0.5) is 0 Å². The highest BCUT2D eigenvalue weighted by atomic mass is 32.2. The van der Waals surface area contributed by atoms with E-state index >= 15 is 0 Å². The van der Waals surface area contributed by atoms with Crippen LogP contribution in [0.25, 0.3) is 0 Å². The maximum absolute atomic E-state index is 12.0. The quantitative estimate of drug-likeness (QED) is 0.684. The van der Waals surface area contributed by atoms with Gasteiger partial charge in [0.2, 0.25) is 10.0 Å². The normalized spacial score (nSPS) is 20.9. The van der Waals surface area contributed by atoms with Gasteiger partial charge in [0.1, 0.15) is 0 Å². The van der Waals surface area contributed by atoms with Gasteiger partial charge in [0, 0.05) is 18.5 Å². The molecule has 2 aliphatic carbocycles. The Morgan fingerprint density at radius 3 is 2.71 bits per heavy atom. The zero-order chi connectivity index (χ0) is 14.7. The summed E-state index contributed by atoms with van der Waals surface area (Å²) in [7, 11) is -3.12. The van der Waals surface area contributed by atoms with Gasteiger partial charge < -0.3 is 5.32 Å². The molecule has 3 rings (SSSR count). The highest BCUT2D eigenvalue weighted by Gasteiger charge is 2.26. The molecule has 1 saturated carbocycles. The molecule has 0 radical (unpaired) electrons. The van der Waals surface area contributed by atoms with Crippen molar-refractivity contribution in [3.63, 3.8) is 0 Å². The van der Waals surface area contributed by atoms with Crippen LogP contribution in [0.3, 0.4) is 0 Å². The van der Waals surface area contributed by atoms with Gasteiger partial charge in [0.05, 0.1) is 5.75 Å². The highest BCUT2D eigenvalue weighted by Crippen LogP contribution is 2.34. The summed E-state index contributed by atoms with van der Waals surface area (Å²) in [5.41, 5.74) is 2.65. The van der Waals surface area contributed by atoms with Crippen molar-refractivity contribution in [2.45, 2.75) is 44.1 Å². The molecule has 0 amide bonds. The monoisotopic (exact) mass is 308 g/mol. The summed E-state index contributed by atoms with van der Waals surface area (Å²) < 4.78 is 26.7. The van der Waals surface area contributed by atoms with Crippen LogP contribution in [-0.2, 0) is 16.4 Å². The number of fused-ring (bicyclic) bond motifs is 1. The third-order valence-corrected chi connectivity index (χ3v) is 5.79. The van der Waals surface area contributed by atoms with E-state index in [1.807, 2.05) is 12.1 Å². The van der Waals surface area contributed by atoms with Crippen molar-refractivity contribution in [1.29, 1.82) is 0 Å². The predicted molar refractivity (Wildman–Crippen MR) is 84.9 cm³/mol. The fourth-order valence-corrected chi connectivity index (χ4v) is 4.04. The Kier molecular flexibility index (Phi) is 4.62. The average molecular weight is 308 g/mol. The summed E-state index contributed by atoms with van der Waals surface area (Å²) >= 11 is 0. The SMILES string of the molecule is O=S(=O)(CCCCNC1CC1)NCC1Cc2ccccc21. The Hall–Kier alpha value is -0.910. The molecule has 21 heavy (non-hydrogen) atoms. The molecule has 4 nitrogen and oxygen atoms in total. The van der Waals surface area contributed by atoms with Gasteiger partial charge in [-0.1, -0.05) is 24.3 Å². The molecule has 0 heterocycles. The van der Waals surface area contributed by atoms with E-state index in [2.05, 4.69) is 22.2 Å². The number of unbranched alkanes of at least 4 members (excludes halogenated alkanes) is 1. The van der Waals surface area contributed by atoms with Crippen LogP contribution in [0.1, 0.15) is 42.7 Å². The lowest BCUT2D eigenvalue weighted by molar-refractivity contribution is 0.547. The fourth-order valence-electron chi connectivity index (χ4n) is 2.86. The van der Waals surface area contributed by atoms with Crippen LogP contribution in [0.2, 0.25) is 0 Å². The smallest absolute Gasteiger partial charge is 0.211 e. The van der Waals surface area contributed by atoms with E-state index in [-0.39, 0.29) is 5.75 Å². The van der Waals surface area contributed by atoms with Gasteiger partial charge in [-0.2, -0.15) is 0 Å². The first kappa shape index (κ1) is 15.0. The van der Waals surface area contributed by atoms with Gasteiger partial charge in [0.25, 0.3) is 0 Å². The van der Waals surface area contributed by atoms with Crippen LogP contribution in [0.15, 0.2) is 24.3 Å². The third-order valence-electron chi connectivity index (χ3n) is 4.36. The minimum absolute atomic E-state index is 0.244. The third kappa shape index (κ3) is 4.28. The summed E-state index contributed by atoms with van der Waals surface area (Å²) in [5, 5.41) is 3.41. The van der Waals surface area contributed by atoms with Crippen LogP contribution < -0.4 is 10.0 Å². The lowest BCUT2D eigenvalue weighted by Gasteiger charge is -2.30. The molecule has 116 valence electrons. The van der Waals surface area contributed by atoms with Crippen molar-refractivity contribution in [2.24, 2.45) is 0 Å². The average Bonchev–Trinajstić information content (AvgIpc) is 3.23. The molecule has 0 aromatic heterocycles. The van der Waals surface area contributed by atoms with Crippen LogP contribution in [-0.4, -0.2) is 33.3 Å². The molecule has 0 saturated heterocycles. The number of rotatable bonds is 9. The number of hydrogen-bond donors (Lipinski definition) is 2. The second-order valence-corrected chi connectivity index (χ2v) is 8.13. The van der Waals surface area contributed by atoms with Crippen molar-refractivity contribution in [3.8, 4) is 0 Å². The molecule has 2 N–H and O–H groups in total. The minimum atomic E-state index is -3.12. The fraction of sp³-hybridized carbons (Fsp3) is 0.625. The Labute approximate surface area is 127 Å². The van der Waals surface area contributed by atoms with Gasteiger partial charge in [-0.25, -0.2) is 13.1 Å². The van der Waals surface area contributed by atoms with Crippen molar-refractivity contribution in [1.82, 2.24) is 10.0 Å². The van der Waals surface area contributed by atoms with E-state index in [1.165, 1.54) is 24.0 Å². The Morgan fingerprint density at radius 2 is 1.95 bits per heavy atom. The standard InChI is InChI=1S/C16H24N2O2S/c19-21(20,10-4-3-9-17-15-7-8-15)18-12-14-11-13-5-1-2-6-16(13)14/h1-2,5-6,14-15,17-18H,3-4,7-12H2. The van der Waals surface area contributed by atoms with E-state index < -0.39 is 10.0 Å². The van der Waals surface area contributed by atoms with Crippen molar-refractivity contribution < 1.29 is 8.42 Å². The Morgan fingerprint density at radius 1 is 1.14 bits per heavy atom. The molecule has 1 aromatic rings. The largest absolute Gasteiger partial charge is 0.314 e. The van der Waals surface area contributed by atoms with Crippen molar-refractivity contribution >= 4 is 10.0 Å². The van der Waals surface area contributed by atoms with E-state index in [1.54, 1.807) is 0 Å². The first-order chi connectivity index (χ1) is 10.1. The number of benzene rings is 1. The molecular weight excluding hydrogens is 284 g/mol. The van der Waals surface area contributed by atoms with Gasteiger partial charge in [0.15, 0.2) is 0 Å². The number of nitrogens with one attached hydrogen (secondary N) is 2. The second-order valence-electron chi connectivity index (χ2n) is 6.20. The number of hydrogen-bond acceptors (Lipinski definition) is 3.